The summed E-state index contributed by atoms with van der Waals surface area (Å²) in [5.41, 5.74) is 0.643. The van der Waals surface area contributed by atoms with Crippen LogP contribution in [0.2, 0.25) is 0 Å². The number of fused-ring (bicyclic) bond motifs is 1. The first-order chi connectivity index (χ1) is 8.26. The van der Waals surface area contributed by atoms with Crippen LogP contribution in [0.1, 0.15) is 13.8 Å². The molecule has 17 heavy (non-hydrogen) atoms. The Balaban J connectivity index is 2.19. The molecular formula is C12H18N4O. The van der Waals surface area contributed by atoms with Crippen molar-refractivity contribution < 1.29 is 0 Å². The first-order valence-electron chi connectivity index (χ1n) is 6.02. The minimum Gasteiger partial charge on any atom is -0.302 e. The van der Waals surface area contributed by atoms with E-state index in [0.29, 0.717) is 12.2 Å². The molecule has 0 spiro atoms. The molecule has 0 N–H and O–H groups in total. The molecule has 2 rings (SSSR count). The Bertz CT molecular complexity index is 539. The number of hydrogen-bond acceptors (Lipinski definition) is 3. The average Bonchev–Trinajstić information content (AvgIpc) is 2.68. The van der Waals surface area contributed by atoms with Crippen molar-refractivity contribution in [2.75, 3.05) is 19.6 Å². The Hall–Kier alpha value is -1.62. The summed E-state index contributed by atoms with van der Waals surface area (Å²) in [6.07, 6.45) is 1.75. The van der Waals surface area contributed by atoms with Crippen LogP contribution < -0.4 is 5.69 Å². The number of rotatable bonds is 5. The van der Waals surface area contributed by atoms with Gasteiger partial charge in [-0.3, -0.25) is 4.40 Å². The van der Waals surface area contributed by atoms with Crippen molar-refractivity contribution in [2.24, 2.45) is 0 Å². The van der Waals surface area contributed by atoms with E-state index in [9.17, 15) is 4.79 Å². The highest BCUT2D eigenvalue weighted by molar-refractivity contribution is 5.35. The predicted octanol–water partition coefficient (Wildman–Crippen LogP) is 0.838. The molecule has 92 valence electrons. The topological polar surface area (TPSA) is 42.5 Å². The van der Waals surface area contributed by atoms with Crippen LogP contribution in [0.15, 0.2) is 29.2 Å². The van der Waals surface area contributed by atoms with Gasteiger partial charge in [0.15, 0.2) is 5.65 Å². The van der Waals surface area contributed by atoms with Crippen LogP contribution in [0.25, 0.3) is 5.65 Å². The van der Waals surface area contributed by atoms with E-state index in [1.807, 2.05) is 18.2 Å². The van der Waals surface area contributed by atoms with Crippen LogP contribution in [-0.4, -0.2) is 38.7 Å². The van der Waals surface area contributed by atoms with Crippen molar-refractivity contribution in [2.45, 2.75) is 20.4 Å². The summed E-state index contributed by atoms with van der Waals surface area (Å²) in [5.74, 6) is 0. The van der Waals surface area contributed by atoms with Gasteiger partial charge in [-0.1, -0.05) is 19.9 Å². The van der Waals surface area contributed by atoms with E-state index in [-0.39, 0.29) is 5.69 Å². The third-order valence-corrected chi connectivity index (χ3v) is 3.01. The Morgan fingerprint density at radius 3 is 2.71 bits per heavy atom. The molecule has 0 atom stereocenters. The highest BCUT2D eigenvalue weighted by atomic mass is 16.2. The minimum atomic E-state index is -0.0623. The van der Waals surface area contributed by atoms with Crippen LogP contribution in [-0.2, 0) is 6.54 Å². The second-order valence-corrected chi connectivity index (χ2v) is 3.96. The van der Waals surface area contributed by atoms with Crippen LogP contribution in [0.5, 0.6) is 0 Å². The molecule has 5 heteroatoms. The maximum absolute atomic E-state index is 12.0. The third-order valence-electron chi connectivity index (χ3n) is 3.01. The van der Waals surface area contributed by atoms with Gasteiger partial charge in [0.05, 0.1) is 6.54 Å². The number of pyridine rings is 1. The van der Waals surface area contributed by atoms with Gasteiger partial charge in [0.1, 0.15) is 0 Å². The zero-order valence-electron chi connectivity index (χ0n) is 10.3. The first-order valence-corrected chi connectivity index (χ1v) is 6.02. The van der Waals surface area contributed by atoms with Crippen molar-refractivity contribution in [1.29, 1.82) is 0 Å². The van der Waals surface area contributed by atoms with Crippen molar-refractivity contribution in [3.8, 4) is 0 Å². The molecular weight excluding hydrogens is 216 g/mol. The van der Waals surface area contributed by atoms with Gasteiger partial charge in [0.25, 0.3) is 0 Å². The lowest BCUT2D eigenvalue weighted by atomic mass is 10.5. The largest absolute Gasteiger partial charge is 0.350 e. The Kier molecular flexibility index (Phi) is 3.58. The van der Waals surface area contributed by atoms with Gasteiger partial charge in [-0.25, -0.2) is 9.48 Å². The molecule has 0 aliphatic carbocycles. The molecule has 0 fully saturated rings. The summed E-state index contributed by atoms with van der Waals surface area (Å²) in [7, 11) is 0. The second-order valence-electron chi connectivity index (χ2n) is 3.96. The lowest BCUT2D eigenvalue weighted by molar-refractivity contribution is 0.283. The summed E-state index contributed by atoms with van der Waals surface area (Å²) >= 11 is 0. The third kappa shape index (κ3) is 2.39. The van der Waals surface area contributed by atoms with E-state index < -0.39 is 0 Å². The fourth-order valence-corrected chi connectivity index (χ4v) is 1.89. The molecule has 0 saturated carbocycles. The SMILES string of the molecule is CCN(CC)CCn1nc2ccccn2c1=O. The molecule has 0 saturated heterocycles. The fourth-order valence-electron chi connectivity index (χ4n) is 1.89. The van der Waals surface area contributed by atoms with Crippen LogP contribution >= 0.6 is 0 Å². The highest BCUT2D eigenvalue weighted by Gasteiger charge is 2.06. The Morgan fingerprint density at radius 2 is 2.06 bits per heavy atom. The maximum Gasteiger partial charge on any atom is 0.350 e. The fraction of sp³-hybridized carbons (Fsp3) is 0.500. The summed E-state index contributed by atoms with van der Waals surface area (Å²) in [6.45, 7) is 7.74. The first kappa shape index (κ1) is 11.9. The van der Waals surface area contributed by atoms with E-state index in [0.717, 1.165) is 19.6 Å². The van der Waals surface area contributed by atoms with E-state index in [1.165, 1.54) is 4.68 Å². The van der Waals surface area contributed by atoms with Gasteiger partial charge in [0, 0.05) is 12.7 Å². The van der Waals surface area contributed by atoms with Crippen molar-refractivity contribution in [3.05, 3.63) is 34.9 Å². The van der Waals surface area contributed by atoms with Crippen molar-refractivity contribution in [1.82, 2.24) is 19.1 Å². The molecule has 2 heterocycles. The lowest BCUT2D eigenvalue weighted by Gasteiger charge is -2.16. The summed E-state index contributed by atoms with van der Waals surface area (Å²) in [5, 5.41) is 4.29. The molecule has 0 unspecified atom stereocenters. The van der Waals surface area contributed by atoms with E-state index in [2.05, 4.69) is 23.8 Å². The van der Waals surface area contributed by atoms with Crippen molar-refractivity contribution >= 4 is 5.65 Å². The zero-order chi connectivity index (χ0) is 12.3. The number of hydrogen-bond donors (Lipinski definition) is 0. The van der Waals surface area contributed by atoms with Crippen LogP contribution in [0.4, 0.5) is 0 Å². The van der Waals surface area contributed by atoms with Crippen LogP contribution in [0, 0.1) is 0 Å². The molecule has 5 nitrogen and oxygen atoms in total. The molecule has 0 radical (unpaired) electrons. The monoisotopic (exact) mass is 234 g/mol. The molecule has 2 aromatic rings. The smallest absolute Gasteiger partial charge is 0.302 e. The van der Waals surface area contributed by atoms with Crippen molar-refractivity contribution in [3.63, 3.8) is 0 Å². The van der Waals surface area contributed by atoms with Gasteiger partial charge in [-0.15, -0.1) is 5.10 Å². The lowest BCUT2D eigenvalue weighted by Crippen LogP contribution is -2.31. The van der Waals surface area contributed by atoms with E-state index in [1.54, 1.807) is 10.6 Å². The Morgan fingerprint density at radius 1 is 1.29 bits per heavy atom. The molecule has 0 bridgehead atoms. The zero-order valence-corrected chi connectivity index (χ0v) is 10.3. The number of nitrogens with zero attached hydrogens (tertiary/aromatic N) is 4. The van der Waals surface area contributed by atoms with Gasteiger partial charge >= 0.3 is 5.69 Å². The molecule has 0 amide bonds. The van der Waals surface area contributed by atoms with Gasteiger partial charge in [-0.2, -0.15) is 0 Å². The summed E-state index contributed by atoms with van der Waals surface area (Å²) < 4.78 is 3.11. The van der Waals surface area contributed by atoms with E-state index in [4.69, 9.17) is 0 Å². The second kappa shape index (κ2) is 5.14. The van der Waals surface area contributed by atoms with Crippen LogP contribution in [0.3, 0.4) is 0 Å². The molecule has 2 aromatic heterocycles. The van der Waals surface area contributed by atoms with E-state index >= 15 is 0 Å². The van der Waals surface area contributed by atoms with Gasteiger partial charge in [0.2, 0.25) is 0 Å². The van der Waals surface area contributed by atoms with Gasteiger partial charge < -0.3 is 4.90 Å². The summed E-state index contributed by atoms with van der Waals surface area (Å²) in [6, 6.07) is 5.57. The molecule has 0 aliphatic rings. The predicted molar refractivity (Wildman–Crippen MR) is 67.2 cm³/mol. The Labute approximate surface area is 100 Å². The quantitative estimate of drug-likeness (QED) is 0.770. The standard InChI is InChI=1S/C12H18N4O/c1-3-14(4-2)9-10-16-12(17)15-8-6-5-7-11(15)13-16/h5-8H,3-4,9-10H2,1-2H3. The average molecular weight is 234 g/mol. The maximum atomic E-state index is 12.0. The van der Waals surface area contributed by atoms with Gasteiger partial charge in [-0.05, 0) is 25.2 Å². The normalized spacial score (nSPS) is 11.5. The minimum absolute atomic E-state index is 0.0623. The summed E-state index contributed by atoms with van der Waals surface area (Å²) in [4.78, 5) is 14.2. The number of aromatic nitrogens is 3. The molecule has 0 aromatic carbocycles. The highest BCUT2D eigenvalue weighted by Crippen LogP contribution is 1.95. The number of likely N-dealkylation sites (N-methyl/N-ethyl adjacent to an activating group) is 1. The molecule has 0 aliphatic heterocycles.